The summed E-state index contributed by atoms with van der Waals surface area (Å²) >= 11 is 6.71. The topological polar surface area (TPSA) is 75.3 Å². The van der Waals surface area contributed by atoms with E-state index in [1.807, 2.05) is 0 Å². The van der Waals surface area contributed by atoms with E-state index in [2.05, 4.69) is 10.0 Å². The molecule has 1 aromatic heterocycles. The van der Waals surface area contributed by atoms with E-state index in [1.54, 1.807) is 25.3 Å². The van der Waals surface area contributed by atoms with Crippen molar-refractivity contribution in [1.82, 2.24) is 4.72 Å². The highest BCUT2D eigenvalue weighted by atomic mass is 35.5. The zero-order valence-electron chi connectivity index (χ0n) is 12.9. The molecule has 0 fully saturated rings. The van der Waals surface area contributed by atoms with Crippen LogP contribution in [0.2, 0.25) is 5.02 Å². The minimum Gasteiger partial charge on any atom is -0.322 e. The maximum atomic E-state index is 13.8. The SMILES string of the molecule is CC(C)[C@H](NS(=O)(=O)c1cccs1)C(=O)Nc1ccc(Cl)cc1F. The monoisotopic (exact) mass is 390 g/mol. The fraction of sp³-hybridized carbons (Fsp3) is 0.267. The lowest BCUT2D eigenvalue weighted by atomic mass is 10.0. The third-order valence-electron chi connectivity index (χ3n) is 3.18. The van der Waals surface area contributed by atoms with Gasteiger partial charge in [-0.1, -0.05) is 31.5 Å². The number of carbonyl (C=O) groups is 1. The molecule has 1 aromatic carbocycles. The van der Waals surface area contributed by atoms with Crippen molar-refractivity contribution >= 4 is 44.6 Å². The standard InChI is InChI=1S/C15H16ClFN2O3S2/c1-9(2)14(19-24(21,22)13-4-3-7-23-13)15(20)18-12-6-5-10(16)8-11(12)17/h3-9,14,19H,1-2H3,(H,18,20)/t14-/m0/s1. The molecule has 0 aliphatic rings. The molecule has 1 atom stereocenters. The van der Waals surface area contributed by atoms with E-state index in [9.17, 15) is 17.6 Å². The number of benzene rings is 1. The predicted octanol–water partition coefficient (Wildman–Crippen LogP) is 3.48. The van der Waals surface area contributed by atoms with Gasteiger partial charge in [-0.2, -0.15) is 4.72 Å². The first-order valence-corrected chi connectivity index (χ1v) is 9.76. The summed E-state index contributed by atoms with van der Waals surface area (Å²) in [7, 11) is -3.82. The van der Waals surface area contributed by atoms with Crippen molar-refractivity contribution in [2.45, 2.75) is 24.1 Å². The Morgan fingerprint density at radius 2 is 2.00 bits per heavy atom. The van der Waals surface area contributed by atoms with Crippen LogP contribution in [-0.4, -0.2) is 20.4 Å². The van der Waals surface area contributed by atoms with Gasteiger partial charge in [-0.05, 0) is 35.6 Å². The molecule has 24 heavy (non-hydrogen) atoms. The highest BCUT2D eigenvalue weighted by molar-refractivity contribution is 7.91. The second kappa shape index (κ2) is 7.60. The van der Waals surface area contributed by atoms with Gasteiger partial charge in [-0.25, -0.2) is 12.8 Å². The van der Waals surface area contributed by atoms with Crippen molar-refractivity contribution in [1.29, 1.82) is 0 Å². The normalized spacial score (nSPS) is 13.0. The quantitative estimate of drug-likeness (QED) is 0.792. The molecule has 0 bridgehead atoms. The van der Waals surface area contributed by atoms with E-state index in [4.69, 9.17) is 11.6 Å². The molecule has 0 saturated carbocycles. The van der Waals surface area contributed by atoms with Crippen LogP contribution in [0.25, 0.3) is 0 Å². The molecule has 0 aliphatic heterocycles. The molecule has 9 heteroatoms. The maximum Gasteiger partial charge on any atom is 0.250 e. The van der Waals surface area contributed by atoms with E-state index in [0.717, 1.165) is 17.4 Å². The Labute approximate surface area is 148 Å². The average molecular weight is 391 g/mol. The van der Waals surface area contributed by atoms with Crippen LogP contribution < -0.4 is 10.0 Å². The number of hydrogen-bond acceptors (Lipinski definition) is 4. The number of amides is 1. The summed E-state index contributed by atoms with van der Waals surface area (Å²) < 4.78 is 40.9. The number of carbonyl (C=O) groups excluding carboxylic acids is 1. The van der Waals surface area contributed by atoms with Crippen LogP contribution in [0.1, 0.15) is 13.8 Å². The molecule has 0 unspecified atom stereocenters. The average Bonchev–Trinajstić information content (AvgIpc) is 3.02. The van der Waals surface area contributed by atoms with Gasteiger partial charge in [0.05, 0.1) is 5.69 Å². The van der Waals surface area contributed by atoms with Crippen molar-refractivity contribution in [3.8, 4) is 0 Å². The molecular formula is C15H16ClFN2O3S2. The van der Waals surface area contributed by atoms with Crippen LogP contribution in [0.3, 0.4) is 0 Å². The van der Waals surface area contributed by atoms with Crippen LogP contribution in [0.15, 0.2) is 39.9 Å². The maximum absolute atomic E-state index is 13.8. The lowest BCUT2D eigenvalue weighted by molar-refractivity contribution is -0.118. The number of nitrogens with one attached hydrogen (secondary N) is 2. The fourth-order valence-corrected chi connectivity index (χ4v) is 4.45. The number of halogens is 2. The van der Waals surface area contributed by atoms with E-state index >= 15 is 0 Å². The molecule has 0 radical (unpaired) electrons. The summed E-state index contributed by atoms with van der Waals surface area (Å²) in [6, 6.07) is 5.82. The summed E-state index contributed by atoms with van der Waals surface area (Å²) in [5, 5.41) is 4.22. The molecule has 2 N–H and O–H groups in total. The third-order valence-corrected chi connectivity index (χ3v) is 6.25. The highest BCUT2D eigenvalue weighted by Gasteiger charge is 2.29. The smallest absolute Gasteiger partial charge is 0.250 e. The van der Waals surface area contributed by atoms with Crippen LogP contribution >= 0.6 is 22.9 Å². The van der Waals surface area contributed by atoms with Crippen LogP contribution in [-0.2, 0) is 14.8 Å². The summed E-state index contributed by atoms with van der Waals surface area (Å²) in [4.78, 5) is 12.4. The number of sulfonamides is 1. The van der Waals surface area contributed by atoms with Gasteiger partial charge in [0.15, 0.2) is 0 Å². The van der Waals surface area contributed by atoms with Crippen molar-refractivity contribution in [3.05, 3.63) is 46.6 Å². The van der Waals surface area contributed by atoms with E-state index in [-0.39, 0.29) is 20.8 Å². The number of hydrogen-bond donors (Lipinski definition) is 2. The second-order valence-corrected chi connectivity index (χ2v) is 8.71. The zero-order chi connectivity index (χ0) is 17.9. The molecule has 0 spiro atoms. The third kappa shape index (κ3) is 4.54. The lowest BCUT2D eigenvalue weighted by Gasteiger charge is -2.21. The van der Waals surface area contributed by atoms with Crippen molar-refractivity contribution < 1.29 is 17.6 Å². The molecule has 1 heterocycles. The summed E-state index contributed by atoms with van der Waals surface area (Å²) in [5.41, 5.74) is -0.0645. The molecule has 130 valence electrons. The van der Waals surface area contributed by atoms with E-state index in [0.29, 0.717) is 0 Å². The Hall–Kier alpha value is -1.48. The summed E-state index contributed by atoms with van der Waals surface area (Å²) in [6.45, 7) is 3.39. The van der Waals surface area contributed by atoms with Gasteiger partial charge < -0.3 is 5.32 Å². The van der Waals surface area contributed by atoms with Gasteiger partial charge in [0.1, 0.15) is 16.1 Å². The van der Waals surface area contributed by atoms with Gasteiger partial charge >= 0.3 is 0 Å². The van der Waals surface area contributed by atoms with Crippen molar-refractivity contribution in [3.63, 3.8) is 0 Å². The molecular weight excluding hydrogens is 375 g/mol. The first-order chi connectivity index (χ1) is 11.2. The molecule has 1 amide bonds. The highest BCUT2D eigenvalue weighted by Crippen LogP contribution is 2.21. The molecule has 0 saturated heterocycles. The van der Waals surface area contributed by atoms with Gasteiger partial charge in [0.2, 0.25) is 5.91 Å². The largest absolute Gasteiger partial charge is 0.322 e. The van der Waals surface area contributed by atoms with Crippen molar-refractivity contribution in [2.75, 3.05) is 5.32 Å². The molecule has 2 rings (SSSR count). The first-order valence-electron chi connectivity index (χ1n) is 7.02. The van der Waals surface area contributed by atoms with Gasteiger partial charge in [0, 0.05) is 5.02 Å². The van der Waals surface area contributed by atoms with Crippen LogP contribution in [0.5, 0.6) is 0 Å². The summed E-state index contributed by atoms with van der Waals surface area (Å²) in [6.07, 6.45) is 0. The Balaban J connectivity index is 2.19. The van der Waals surface area contributed by atoms with Gasteiger partial charge in [-0.15, -0.1) is 11.3 Å². The van der Waals surface area contributed by atoms with Gasteiger partial charge in [-0.3, -0.25) is 4.79 Å². The van der Waals surface area contributed by atoms with Crippen LogP contribution in [0, 0.1) is 11.7 Å². The van der Waals surface area contributed by atoms with Crippen LogP contribution in [0.4, 0.5) is 10.1 Å². The minimum atomic E-state index is -3.82. The Morgan fingerprint density at radius 1 is 1.29 bits per heavy atom. The van der Waals surface area contributed by atoms with Gasteiger partial charge in [0.25, 0.3) is 10.0 Å². The molecule has 2 aromatic rings. The lowest BCUT2D eigenvalue weighted by Crippen LogP contribution is -2.46. The number of anilines is 1. The second-order valence-electron chi connectivity index (χ2n) is 5.39. The predicted molar refractivity (Wildman–Crippen MR) is 93.3 cm³/mol. The Kier molecular flexibility index (Phi) is 5.97. The first kappa shape index (κ1) is 18.9. The van der Waals surface area contributed by atoms with E-state index in [1.165, 1.54) is 18.2 Å². The fourth-order valence-electron chi connectivity index (χ4n) is 1.94. The summed E-state index contributed by atoms with van der Waals surface area (Å²) in [5.74, 6) is -1.68. The Morgan fingerprint density at radius 3 is 2.54 bits per heavy atom. The van der Waals surface area contributed by atoms with Crippen molar-refractivity contribution in [2.24, 2.45) is 5.92 Å². The minimum absolute atomic E-state index is 0.0645. The molecule has 0 aliphatic carbocycles. The van der Waals surface area contributed by atoms with E-state index < -0.39 is 27.8 Å². The Bertz CT molecular complexity index is 823. The number of thiophene rings is 1. The zero-order valence-corrected chi connectivity index (χ0v) is 15.3. The number of rotatable bonds is 6. The molecule has 5 nitrogen and oxygen atoms in total.